The van der Waals surface area contributed by atoms with Gasteiger partial charge in [0.25, 0.3) is 5.56 Å². The van der Waals surface area contributed by atoms with Crippen molar-refractivity contribution in [1.82, 2.24) is 9.97 Å². The number of aryl methyl sites for hydroxylation is 1. The van der Waals surface area contributed by atoms with Crippen LogP contribution in [0.2, 0.25) is 0 Å². The first-order valence-corrected chi connectivity index (χ1v) is 6.47. The van der Waals surface area contributed by atoms with Gasteiger partial charge in [-0.1, -0.05) is 0 Å². The summed E-state index contributed by atoms with van der Waals surface area (Å²) in [6, 6.07) is 5.55. The van der Waals surface area contributed by atoms with E-state index in [2.05, 4.69) is 9.97 Å². The fraction of sp³-hybridized carbons (Fsp3) is 0.167. The molecule has 0 radical (unpaired) electrons. The Kier molecular flexibility index (Phi) is 3.57. The van der Waals surface area contributed by atoms with Gasteiger partial charge in [-0.2, -0.15) is 0 Å². The van der Waals surface area contributed by atoms with E-state index in [1.807, 2.05) is 25.3 Å². The summed E-state index contributed by atoms with van der Waals surface area (Å²) in [6.07, 6.45) is 3.24. The lowest BCUT2D eigenvalue weighted by atomic mass is 10.2. The zero-order valence-electron chi connectivity index (χ0n) is 9.94. The van der Waals surface area contributed by atoms with Crippen molar-refractivity contribution >= 4 is 11.8 Å². The number of benzene rings is 1. The van der Waals surface area contributed by atoms with Crippen molar-refractivity contribution < 1.29 is 4.74 Å². The molecule has 5 nitrogen and oxygen atoms in total. The van der Waals surface area contributed by atoms with Crippen LogP contribution in [0.5, 0.6) is 11.5 Å². The Morgan fingerprint density at radius 2 is 2.06 bits per heavy atom. The summed E-state index contributed by atoms with van der Waals surface area (Å²) in [4.78, 5) is 27.9. The molecule has 2 N–H and O–H groups in total. The number of ether oxygens (including phenoxy) is 1. The second-order valence-electron chi connectivity index (χ2n) is 3.67. The van der Waals surface area contributed by atoms with Gasteiger partial charge in [0.2, 0.25) is 5.75 Å². The first-order chi connectivity index (χ1) is 8.60. The average Bonchev–Trinajstić information content (AvgIpc) is 2.33. The Morgan fingerprint density at radius 1 is 1.28 bits per heavy atom. The van der Waals surface area contributed by atoms with E-state index in [0.717, 1.165) is 10.5 Å². The third kappa shape index (κ3) is 2.65. The summed E-state index contributed by atoms with van der Waals surface area (Å²) in [5.41, 5.74) is -0.0348. The topological polar surface area (TPSA) is 75.0 Å². The standard InChI is InChI=1S/C12H12N2O3S/c1-7-5-8(3-4-10(7)18-2)17-9-6-13-12(16)14-11(9)15/h3-6H,1-2H3,(H2,13,14,15,16). The first kappa shape index (κ1) is 12.5. The van der Waals surface area contributed by atoms with Gasteiger partial charge in [0.1, 0.15) is 5.75 Å². The fourth-order valence-electron chi connectivity index (χ4n) is 1.51. The Hall–Kier alpha value is -1.95. The van der Waals surface area contributed by atoms with Crippen LogP contribution in [0.4, 0.5) is 0 Å². The number of aromatic amines is 2. The molecule has 0 fully saturated rings. The van der Waals surface area contributed by atoms with Crippen molar-refractivity contribution in [2.24, 2.45) is 0 Å². The zero-order valence-corrected chi connectivity index (χ0v) is 10.8. The molecule has 0 spiro atoms. The molecule has 0 atom stereocenters. The molecule has 1 heterocycles. The molecule has 0 aliphatic carbocycles. The molecule has 18 heavy (non-hydrogen) atoms. The summed E-state index contributed by atoms with van der Waals surface area (Å²) < 4.78 is 5.42. The number of aromatic nitrogens is 2. The Labute approximate surface area is 107 Å². The Balaban J connectivity index is 2.31. The second kappa shape index (κ2) is 5.14. The number of nitrogens with one attached hydrogen (secondary N) is 2. The Morgan fingerprint density at radius 3 is 2.67 bits per heavy atom. The van der Waals surface area contributed by atoms with Crippen molar-refractivity contribution in [3.63, 3.8) is 0 Å². The zero-order chi connectivity index (χ0) is 13.1. The van der Waals surface area contributed by atoms with Gasteiger partial charge in [0.15, 0.2) is 0 Å². The lowest BCUT2D eigenvalue weighted by Gasteiger charge is -2.07. The van der Waals surface area contributed by atoms with Crippen molar-refractivity contribution in [2.75, 3.05) is 6.26 Å². The van der Waals surface area contributed by atoms with Crippen LogP contribution in [-0.4, -0.2) is 16.2 Å². The molecule has 2 aromatic rings. The lowest BCUT2D eigenvalue weighted by molar-refractivity contribution is 0.470. The molecular formula is C12H12N2O3S. The highest BCUT2D eigenvalue weighted by Gasteiger charge is 2.05. The SMILES string of the molecule is CSc1ccc(Oc2c[nH]c(=O)[nH]c2=O)cc1C. The number of H-pyrrole nitrogens is 2. The van der Waals surface area contributed by atoms with E-state index in [4.69, 9.17) is 4.74 Å². The van der Waals surface area contributed by atoms with Crippen molar-refractivity contribution in [3.05, 3.63) is 50.8 Å². The van der Waals surface area contributed by atoms with Crippen LogP contribution in [-0.2, 0) is 0 Å². The number of rotatable bonds is 3. The van der Waals surface area contributed by atoms with Crippen molar-refractivity contribution in [1.29, 1.82) is 0 Å². The highest BCUT2D eigenvalue weighted by Crippen LogP contribution is 2.25. The highest BCUT2D eigenvalue weighted by molar-refractivity contribution is 7.98. The van der Waals surface area contributed by atoms with E-state index in [9.17, 15) is 9.59 Å². The van der Waals surface area contributed by atoms with E-state index in [1.165, 1.54) is 6.20 Å². The molecular weight excluding hydrogens is 252 g/mol. The van der Waals surface area contributed by atoms with Gasteiger partial charge in [0, 0.05) is 4.90 Å². The fourth-order valence-corrected chi connectivity index (χ4v) is 2.10. The van der Waals surface area contributed by atoms with Crippen LogP contribution >= 0.6 is 11.8 Å². The third-order valence-corrected chi connectivity index (χ3v) is 3.28. The quantitative estimate of drug-likeness (QED) is 0.830. The maximum atomic E-state index is 11.4. The molecule has 0 saturated carbocycles. The maximum absolute atomic E-state index is 11.4. The molecule has 2 rings (SSSR count). The summed E-state index contributed by atoms with van der Waals surface area (Å²) in [5, 5.41) is 0. The van der Waals surface area contributed by atoms with E-state index >= 15 is 0 Å². The van der Waals surface area contributed by atoms with Crippen LogP contribution in [0.3, 0.4) is 0 Å². The third-order valence-electron chi connectivity index (χ3n) is 2.38. The summed E-state index contributed by atoms with van der Waals surface area (Å²) in [6.45, 7) is 1.97. The van der Waals surface area contributed by atoms with Gasteiger partial charge in [-0.15, -0.1) is 11.8 Å². The van der Waals surface area contributed by atoms with Crippen LogP contribution < -0.4 is 16.0 Å². The van der Waals surface area contributed by atoms with Gasteiger partial charge < -0.3 is 9.72 Å². The monoisotopic (exact) mass is 264 g/mol. The molecule has 0 saturated heterocycles. The van der Waals surface area contributed by atoms with Crippen molar-refractivity contribution in [2.45, 2.75) is 11.8 Å². The molecule has 0 bridgehead atoms. The summed E-state index contributed by atoms with van der Waals surface area (Å²) in [5.74, 6) is 0.619. The largest absolute Gasteiger partial charge is 0.450 e. The van der Waals surface area contributed by atoms with Gasteiger partial charge in [-0.25, -0.2) is 4.79 Å². The minimum atomic E-state index is -0.554. The van der Waals surface area contributed by atoms with Gasteiger partial charge in [0.05, 0.1) is 6.20 Å². The normalized spacial score (nSPS) is 10.3. The van der Waals surface area contributed by atoms with E-state index in [1.54, 1.807) is 17.8 Å². The number of hydrogen-bond donors (Lipinski definition) is 2. The lowest BCUT2D eigenvalue weighted by Crippen LogP contribution is -2.21. The Bertz CT molecular complexity index is 676. The first-order valence-electron chi connectivity index (χ1n) is 5.24. The van der Waals surface area contributed by atoms with E-state index < -0.39 is 11.2 Å². The molecule has 94 valence electrons. The summed E-state index contributed by atoms with van der Waals surface area (Å²) >= 11 is 1.64. The van der Waals surface area contributed by atoms with Crippen LogP contribution in [0, 0.1) is 6.92 Å². The molecule has 0 unspecified atom stereocenters. The maximum Gasteiger partial charge on any atom is 0.325 e. The van der Waals surface area contributed by atoms with Crippen molar-refractivity contribution in [3.8, 4) is 11.5 Å². The molecule has 1 aromatic carbocycles. The molecule has 0 aliphatic heterocycles. The molecule has 0 amide bonds. The molecule has 0 aliphatic rings. The predicted octanol–water partition coefficient (Wildman–Crippen LogP) is 1.89. The summed E-state index contributed by atoms with van der Waals surface area (Å²) in [7, 11) is 0. The average molecular weight is 264 g/mol. The molecule has 1 aromatic heterocycles. The smallest absolute Gasteiger partial charge is 0.325 e. The van der Waals surface area contributed by atoms with E-state index in [0.29, 0.717) is 5.75 Å². The minimum absolute atomic E-state index is 0.0610. The number of hydrogen-bond acceptors (Lipinski definition) is 4. The van der Waals surface area contributed by atoms with Crippen LogP contribution in [0.1, 0.15) is 5.56 Å². The van der Waals surface area contributed by atoms with E-state index in [-0.39, 0.29) is 5.75 Å². The van der Waals surface area contributed by atoms with Gasteiger partial charge >= 0.3 is 5.69 Å². The minimum Gasteiger partial charge on any atom is -0.450 e. The number of thioether (sulfide) groups is 1. The second-order valence-corrected chi connectivity index (χ2v) is 4.52. The van der Waals surface area contributed by atoms with Gasteiger partial charge in [-0.3, -0.25) is 9.78 Å². The van der Waals surface area contributed by atoms with Crippen LogP contribution in [0.15, 0.2) is 38.9 Å². The van der Waals surface area contributed by atoms with Gasteiger partial charge in [-0.05, 0) is 36.9 Å². The molecule has 6 heteroatoms. The van der Waals surface area contributed by atoms with Crippen LogP contribution in [0.25, 0.3) is 0 Å². The predicted molar refractivity (Wildman–Crippen MR) is 70.7 cm³/mol. The highest BCUT2D eigenvalue weighted by atomic mass is 32.2.